The van der Waals surface area contributed by atoms with Crippen LogP contribution in [0, 0.1) is 29.6 Å². The summed E-state index contributed by atoms with van der Waals surface area (Å²) in [6, 6.07) is 0. The predicted octanol–water partition coefficient (Wildman–Crippen LogP) is 3.67. The van der Waals surface area contributed by atoms with Gasteiger partial charge in [0.25, 0.3) is 0 Å². The Morgan fingerprint density at radius 3 is 2.72 bits per heavy atom. The van der Waals surface area contributed by atoms with Gasteiger partial charge in [0.15, 0.2) is 0 Å². The van der Waals surface area contributed by atoms with Gasteiger partial charge in [0.05, 0.1) is 17.8 Å². The van der Waals surface area contributed by atoms with Gasteiger partial charge in [0, 0.05) is 50.4 Å². The van der Waals surface area contributed by atoms with E-state index in [1.54, 1.807) is 7.11 Å². The Morgan fingerprint density at radius 1 is 1.09 bits per heavy atom. The molecule has 8 atom stereocenters. The maximum Gasteiger partial charge on any atom is 0.223 e. The number of halogens is 2. The summed E-state index contributed by atoms with van der Waals surface area (Å²) < 4.78 is 7.80. The molecule has 8 unspecified atom stereocenters. The van der Waals surface area contributed by atoms with Crippen LogP contribution in [0.5, 0.6) is 0 Å². The van der Waals surface area contributed by atoms with E-state index in [-0.39, 0.29) is 28.7 Å². The van der Waals surface area contributed by atoms with Gasteiger partial charge >= 0.3 is 0 Å². The maximum absolute atomic E-state index is 13.3. The van der Waals surface area contributed by atoms with Crippen molar-refractivity contribution in [3.8, 4) is 0 Å². The molecule has 0 spiro atoms. The second kappa shape index (κ2) is 11.5. The normalized spacial score (nSPS) is 38.3. The van der Waals surface area contributed by atoms with Crippen LogP contribution in [-0.2, 0) is 16.1 Å². The summed E-state index contributed by atoms with van der Waals surface area (Å²) in [5.74, 6) is 2.31. The summed E-state index contributed by atoms with van der Waals surface area (Å²) in [7, 11) is 1.80. The molecule has 32 heavy (non-hydrogen) atoms. The average molecular weight is 486 g/mol. The zero-order valence-corrected chi connectivity index (χ0v) is 20.6. The third-order valence-corrected chi connectivity index (χ3v) is 9.08. The van der Waals surface area contributed by atoms with Crippen LogP contribution in [0.25, 0.3) is 0 Å². The van der Waals surface area contributed by atoms with E-state index < -0.39 is 0 Å². The van der Waals surface area contributed by atoms with E-state index in [0.717, 1.165) is 64.7 Å². The molecule has 6 nitrogen and oxygen atoms in total. The molecule has 2 N–H and O–H groups in total. The van der Waals surface area contributed by atoms with E-state index in [0.29, 0.717) is 23.7 Å². The highest BCUT2D eigenvalue weighted by molar-refractivity contribution is 6.30. The highest BCUT2D eigenvalue weighted by Crippen LogP contribution is 2.40. The third-order valence-electron chi connectivity index (χ3n) is 7.95. The smallest absolute Gasteiger partial charge is 0.223 e. The summed E-state index contributed by atoms with van der Waals surface area (Å²) >= 11 is 12.6. The lowest BCUT2D eigenvalue weighted by atomic mass is 9.68. The first-order valence-electron chi connectivity index (χ1n) is 12.3. The maximum atomic E-state index is 13.3. The fourth-order valence-electron chi connectivity index (χ4n) is 6.13. The molecule has 3 aliphatic rings. The topological polar surface area (TPSA) is 68.2 Å². The number of amides is 1. The highest BCUT2D eigenvalue weighted by Gasteiger charge is 2.38. The van der Waals surface area contributed by atoms with Gasteiger partial charge in [-0.2, -0.15) is 0 Å². The minimum absolute atomic E-state index is 0.0125. The van der Waals surface area contributed by atoms with Gasteiger partial charge in [-0.25, -0.2) is 4.98 Å². The molecule has 0 radical (unpaired) electrons. The van der Waals surface area contributed by atoms with Crippen molar-refractivity contribution < 1.29 is 9.53 Å². The highest BCUT2D eigenvalue weighted by atomic mass is 35.5. The van der Waals surface area contributed by atoms with E-state index in [4.69, 9.17) is 27.9 Å². The number of piperidine rings is 1. The van der Waals surface area contributed by atoms with E-state index in [2.05, 4.69) is 20.2 Å². The number of hydrogen-bond donors (Lipinski definition) is 2. The van der Waals surface area contributed by atoms with Crippen LogP contribution in [0.2, 0.25) is 0 Å². The van der Waals surface area contributed by atoms with Crippen molar-refractivity contribution >= 4 is 29.1 Å². The first-order valence-corrected chi connectivity index (χ1v) is 13.1. The van der Waals surface area contributed by atoms with Crippen molar-refractivity contribution in [2.45, 2.75) is 68.3 Å². The van der Waals surface area contributed by atoms with Crippen LogP contribution in [-0.4, -0.2) is 59.1 Å². The van der Waals surface area contributed by atoms with Gasteiger partial charge in [-0.15, -0.1) is 23.2 Å². The van der Waals surface area contributed by atoms with Gasteiger partial charge in [-0.1, -0.05) is 0 Å². The van der Waals surface area contributed by atoms with Crippen molar-refractivity contribution in [1.82, 2.24) is 20.2 Å². The number of methoxy groups -OCH3 is 1. The molecule has 180 valence electrons. The summed E-state index contributed by atoms with van der Waals surface area (Å²) in [6.07, 6.45) is 13.0. The lowest BCUT2D eigenvalue weighted by Gasteiger charge is -2.41. The Labute approximate surface area is 202 Å². The third kappa shape index (κ3) is 6.40. The number of ether oxygens (including phenoxy) is 1. The van der Waals surface area contributed by atoms with Gasteiger partial charge in [-0.3, -0.25) is 4.79 Å². The first-order chi connectivity index (χ1) is 15.5. The fourth-order valence-corrected chi connectivity index (χ4v) is 6.74. The molecule has 2 aliphatic carbocycles. The summed E-state index contributed by atoms with van der Waals surface area (Å²) in [5, 5.41) is 6.90. The Kier molecular flexibility index (Phi) is 8.77. The number of imidazole rings is 1. The molecule has 2 saturated carbocycles. The minimum atomic E-state index is 0.0125. The first kappa shape index (κ1) is 24.3. The Balaban J connectivity index is 1.37. The molecular formula is C24H38Cl2N4O2. The Hall–Kier alpha value is -0.820. The second-order valence-electron chi connectivity index (χ2n) is 10.3. The number of carbonyl (C=O) groups excluding carboxylic acids is 1. The molecule has 0 aromatic carbocycles. The number of nitrogens with zero attached hydrogens (tertiary/aromatic N) is 2. The van der Waals surface area contributed by atoms with Gasteiger partial charge in [0.2, 0.25) is 5.91 Å². The van der Waals surface area contributed by atoms with Crippen LogP contribution in [0.4, 0.5) is 0 Å². The molecule has 2 heterocycles. The molecule has 4 rings (SSSR count). The molecule has 1 saturated heterocycles. The number of alkyl halides is 2. The number of aromatic nitrogens is 2. The van der Waals surface area contributed by atoms with Crippen LogP contribution in [0.15, 0.2) is 18.7 Å². The zero-order valence-electron chi connectivity index (χ0n) is 19.1. The fraction of sp³-hybridized carbons (Fsp3) is 0.833. The van der Waals surface area contributed by atoms with E-state index in [9.17, 15) is 4.79 Å². The van der Waals surface area contributed by atoms with Crippen LogP contribution in [0.3, 0.4) is 0 Å². The van der Waals surface area contributed by atoms with Gasteiger partial charge in [0.1, 0.15) is 0 Å². The lowest BCUT2D eigenvalue weighted by Crippen LogP contribution is -2.46. The van der Waals surface area contributed by atoms with E-state index in [1.165, 1.54) is 6.42 Å². The molecule has 1 aromatic heterocycles. The zero-order chi connectivity index (χ0) is 22.5. The predicted molar refractivity (Wildman–Crippen MR) is 128 cm³/mol. The Bertz CT molecular complexity index is 719. The van der Waals surface area contributed by atoms with Crippen molar-refractivity contribution in [3.05, 3.63) is 18.7 Å². The molecule has 1 amide bonds. The van der Waals surface area contributed by atoms with E-state index in [1.807, 2.05) is 18.7 Å². The number of nitrogens with one attached hydrogen (secondary N) is 2. The van der Waals surface area contributed by atoms with Gasteiger partial charge in [-0.05, 0) is 75.2 Å². The van der Waals surface area contributed by atoms with Crippen molar-refractivity contribution in [2.24, 2.45) is 29.6 Å². The summed E-state index contributed by atoms with van der Waals surface area (Å²) in [6.45, 7) is 3.60. The molecule has 1 aromatic rings. The van der Waals surface area contributed by atoms with Crippen molar-refractivity contribution in [2.75, 3.05) is 26.7 Å². The minimum Gasteiger partial charge on any atom is -0.380 e. The molecule has 8 heteroatoms. The standard InChI is InChI=1S/C24H38Cl2N4O2/c1-32-21-10-20(12-28-13-21)18-6-17(14-30-5-4-27-15-30)7-19(9-18)24(31)29-11-16-2-3-22(25)23(26)8-16/h4-5,15-23,28H,2-3,6-14H2,1H3,(H,29,31). The number of hydrogen-bond acceptors (Lipinski definition) is 4. The molecule has 3 fully saturated rings. The van der Waals surface area contributed by atoms with Crippen LogP contribution >= 0.6 is 23.2 Å². The molecule has 0 bridgehead atoms. The second-order valence-corrected chi connectivity index (χ2v) is 11.4. The number of carbonyl (C=O) groups is 1. The summed E-state index contributed by atoms with van der Waals surface area (Å²) in [5.41, 5.74) is 0. The Morgan fingerprint density at radius 2 is 1.97 bits per heavy atom. The average Bonchev–Trinajstić information content (AvgIpc) is 3.32. The quantitative estimate of drug-likeness (QED) is 0.579. The summed E-state index contributed by atoms with van der Waals surface area (Å²) in [4.78, 5) is 17.5. The van der Waals surface area contributed by atoms with Gasteiger partial charge < -0.3 is 19.9 Å². The van der Waals surface area contributed by atoms with Crippen LogP contribution in [0.1, 0.15) is 44.9 Å². The monoisotopic (exact) mass is 484 g/mol. The van der Waals surface area contributed by atoms with Crippen molar-refractivity contribution in [3.63, 3.8) is 0 Å². The van der Waals surface area contributed by atoms with Crippen molar-refractivity contribution in [1.29, 1.82) is 0 Å². The molecule has 1 aliphatic heterocycles. The largest absolute Gasteiger partial charge is 0.380 e. The lowest BCUT2D eigenvalue weighted by molar-refractivity contribution is -0.128. The van der Waals surface area contributed by atoms with E-state index >= 15 is 0 Å². The molecular weight excluding hydrogens is 447 g/mol. The number of rotatable bonds is 7. The SMILES string of the molecule is COC1CNCC(C2CC(Cn3ccnc3)CC(C(=O)NCC3CCC(Cl)C(Cl)C3)C2)C1. The van der Waals surface area contributed by atoms with Crippen LogP contribution < -0.4 is 10.6 Å².